The van der Waals surface area contributed by atoms with Crippen LogP contribution in [-0.2, 0) is 12.0 Å². The maximum Gasteiger partial charge on any atom is 0.215 e. The molecule has 0 saturated heterocycles. The molecule has 0 aliphatic rings. The van der Waals surface area contributed by atoms with E-state index in [9.17, 15) is 0 Å². The van der Waals surface area contributed by atoms with Gasteiger partial charge in [0.1, 0.15) is 0 Å². The fraction of sp³-hybridized carbons (Fsp3) is 0.727. The first-order chi connectivity index (χ1) is 6.91. The SMILES string of the molecule is COc1c(CCN)c(C)nn1C(C)(C)C. The van der Waals surface area contributed by atoms with Crippen molar-refractivity contribution in [3.8, 4) is 5.88 Å². The van der Waals surface area contributed by atoms with Crippen LogP contribution in [0.25, 0.3) is 0 Å². The van der Waals surface area contributed by atoms with E-state index < -0.39 is 0 Å². The largest absolute Gasteiger partial charge is 0.481 e. The summed E-state index contributed by atoms with van der Waals surface area (Å²) < 4.78 is 7.35. The van der Waals surface area contributed by atoms with Crippen molar-refractivity contribution < 1.29 is 4.74 Å². The molecule has 0 amide bonds. The van der Waals surface area contributed by atoms with Gasteiger partial charge >= 0.3 is 0 Å². The predicted octanol–water partition coefficient (Wildman–Crippen LogP) is 1.46. The second-order valence-electron chi connectivity index (χ2n) is 4.69. The van der Waals surface area contributed by atoms with Crippen molar-refractivity contribution in [2.45, 2.75) is 39.7 Å². The Bertz CT molecular complexity index is 336. The van der Waals surface area contributed by atoms with Crippen LogP contribution in [0.1, 0.15) is 32.0 Å². The minimum Gasteiger partial charge on any atom is -0.481 e. The van der Waals surface area contributed by atoms with E-state index in [4.69, 9.17) is 10.5 Å². The first-order valence-electron chi connectivity index (χ1n) is 5.24. The van der Waals surface area contributed by atoms with Gasteiger partial charge in [-0.05, 0) is 40.7 Å². The molecule has 1 aromatic rings. The molecule has 0 bridgehead atoms. The Labute approximate surface area is 91.4 Å². The molecule has 0 atom stereocenters. The molecule has 1 aromatic heterocycles. The maximum absolute atomic E-state index is 5.58. The van der Waals surface area contributed by atoms with Crippen molar-refractivity contribution in [1.29, 1.82) is 0 Å². The van der Waals surface area contributed by atoms with Crippen molar-refractivity contribution >= 4 is 0 Å². The van der Waals surface area contributed by atoms with Gasteiger partial charge in [-0.25, -0.2) is 4.68 Å². The lowest BCUT2D eigenvalue weighted by molar-refractivity contribution is 0.280. The number of aromatic nitrogens is 2. The highest BCUT2D eigenvalue weighted by atomic mass is 16.5. The van der Waals surface area contributed by atoms with Crippen LogP contribution in [0.3, 0.4) is 0 Å². The molecule has 0 spiro atoms. The molecule has 0 unspecified atom stereocenters. The number of hydrogen-bond acceptors (Lipinski definition) is 3. The molecule has 4 heteroatoms. The lowest BCUT2D eigenvalue weighted by Crippen LogP contribution is -2.24. The van der Waals surface area contributed by atoms with E-state index >= 15 is 0 Å². The summed E-state index contributed by atoms with van der Waals surface area (Å²) in [5.74, 6) is 0.838. The van der Waals surface area contributed by atoms with Crippen LogP contribution in [0.15, 0.2) is 0 Å². The zero-order chi connectivity index (χ0) is 11.6. The highest BCUT2D eigenvalue weighted by Gasteiger charge is 2.23. The molecule has 1 rings (SSSR count). The van der Waals surface area contributed by atoms with E-state index in [2.05, 4.69) is 25.9 Å². The van der Waals surface area contributed by atoms with E-state index in [-0.39, 0.29) is 5.54 Å². The number of rotatable bonds is 3. The topological polar surface area (TPSA) is 53.1 Å². The van der Waals surface area contributed by atoms with Crippen molar-refractivity contribution in [2.75, 3.05) is 13.7 Å². The number of nitrogens with zero attached hydrogens (tertiary/aromatic N) is 2. The fourth-order valence-electron chi connectivity index (χ4n) is 1.63. The monoisotopic (exact) mass is 211 g/mol. The summed E-state index contributed by atoms with van der Waals surface area (Å²) in [4.78, 5) is 0. The average Bonchev–Trinajstić information content (AvgIpc) is 2.44. The molecule has 0 aliphatic heterocycles. The Kier molecular flexibility index (Phi) is 3.39. The van der Waals surface area contributed by atoms with Gasteiger partial charge in [-0.1, -0.05) is 0 Å². The maximum atomic E-state index is 5.58. The standard InChI is InChI=1S/C11H21N3O/c1-8-9(6-7-12)10(15-5)14(13-8)11(2,3)4/h6-7,12H2,1-5H3. The second-order valence-corrected chi connectivity index (χ2v) is 4.69. The van der Waals surface area contributed by atoms with Crippen LogP contribution >= 0.6 is 0 Å². The molecule has 0 aromatic carbocycles. The van der Waals surface area contributed by atoms with E-state index in [1.807, 2.05) is 11.6 Å². The first-order valence-corrected chi connectivity index (χ1v) is 5.24. The van der Waals surface area contributed by atoms with Crippen LogP contribution < -0.4 is 10.5 Å². The predicted molar refractivity (Wildman–Crippen MR) is 61.3 cm³/mol. The summed E-state index contributed by atoms with van der Waals surface area (Å²) in [6.07, 6.45) is 0.811. The summed E-state index contributed by atoms with van der Waals surface area (Å²) in [5.41, 5.74) is 7.64. The number of hydrogen-bond donors (Lipinski definition) is 1. The molecule has 1 heterocycles. The quantitative estimate of drug-likeness (QED) is 0.823. The lowest BCUT2D eigenvalue weighted by Gasteiger charge is -2.21. The van der Waals surface area contributed by atoms with E-state index in [0.717, 1.165) is 23.6 Å². The van der Waals surface area contributed by atoms with Crippen LogP contribution in [-0.4, -0.2) is 23.4 Å². The van der Waals surface area contributed by atoms with Gasteiger partial charge in [0.25, 0.3) is 0 Å². The molecule has 15 heavy (non-hydrogen) atoms. The molecule has 0 aliphatic carbocycles. The van der Waals surface area contributed by atoms with Crippen LogP contribution in [0.5, 0.6) is 5.88 Å². The van der Waals surface area contributed by atoms with Crippen molar-refractivity contribution in [3.63, 3.8) is 0 Å². The third kappa shape index (κ3) is 2.31. The van der Waals surface area contributed by atoms with E-state index in [1.165, 1.54) is 0 Å². The van der Waals surface area contributed by atoms with Gasteiger partial charge in [-0.3, -0.25) is 0 Å². The number of methoxy groups -OCH3 is 1. The molecule has 0 fully saturated rings. The molecule has 86 valence electrons. The fourth-order valence-corrected chi connectivity index (χ4v) is 1.63. The Morgan fingerprint density at radius 3 is 2.40 bits per heavy atom. The summed E-state index contributed by atoms with van der Waals surface area (Å²) in [6, 6.07) is 0. The van der Waals surface area contributed by atoms with Gasteiger partial charge < -0.3 is 10.5 Å². The van der Waals surface area contributed by atoms with E-state index in [0.29, 0.717) is 6.54 Å². The van der Waals surface area contributed by atoms with Gasteiger partial charge in [0.15, 0.2) is 0 Å². The van der Waals surface area contributed by atoms with Gasteiger partial charge in [-0.15, -0.1) is 0 Å². The number of nitrogens with two attached hydrogens (primary N) is 1. The Morgan fingerprint density at radius 2 is 2.00 bits per heavy atom. The zero-order valence-corrected chi connectivity index (χ0v) is 10.3. The highest BCUT2D eigenvalue weighted by Crippen LogP contribution is 2.28. The molecule has 0 saturated carbocycles. The Morgan fingerprint density at radius 1 is 1.40 bits per heavy atom. The van der Waals surface area contributed by atoms with Crippen molar-refractivity contribution in [2.24, 2.45) is 5.73 Å². The summed E-state index contributed by atoms with van der Waals surface area (Å²) in [7, 11) is 1.68. The Hall–Kier alpha value is -1.03. The third-order valence-corrected chi connectivity index (χ3v) is 2.36. The van der Waals surface area contributed by atoms with Crippen molar-refractivity contribution in [1.82, 2.24) is 9.78 Å². The van der Waals surface area contributed by atoms with Crippen molar-refractivity contribution in [3.05, 3.63) is 11.3 Å². The van der Waals surface area contributed by atoms with Crippen LogP contribution in [0.2, 0.25) is 0 Å². The average molecular weight is 211 g/mol. The summed E-state index contributed by atoms with van der Waals surface area (Å²) in [6.45, 7) is 8.93. The van der Waals surface area contributed by atoms with Gasteiger partial charge in [-0.2, -0.15) is 5.10 Å². The molecule has 0 radical (unpaired) electrons. The molecular formula is C11H21N3O. The van der Waals surface area contributed by atoms with Crippen LogP contribution in [0.4, 0.5) is 0 Å². The van der Waals surface area contributed by atoms with Gasteiger partial charge in [0.2, 0.25) is 5.88 Å². The smallest absolute Gasteiger partial charge is 0.215 e. The summed E-state index contributed by atoms with van der Waals surface area (Å²) in [5, 5.41) is 4.51. The second kappa shape index (κ2) is 4.23. The molecular weight excluding hydrogens is 190 g/mol. The number of aryl methyl sites for hydroxylation is 1. The van der Waals surface area contributed by atoms with Gasteiger partial charge in [0.05, 0.1) is 18.3 Å². The molecule has 2 N–H and O–H groups in total. The first kappa shape index (κ1) is 12.0. The zero-order valence-electron chi connectivity index (χ0n) is 10.3. The number of ether oxygens (including phenoxy) is 1. The highest BCUT2D eigenvalue weighted by molar-refractivity contribution is 5.32. The third-order valence-electron chi connectivity index (χ3n) is 2.36. The van der Waals surface area contributed by atoms with Gasteiger partial charge in [0, 0.05) is 5.56 Å². The normalized spacial score (nSPS) is 11.9. The summed E-state index contributed by atoms with van der Waals surface area (Å²) >= 11 is 0. The molecule has 4 nitrogen and oxygen atoms in total. The minimum absolute atomic E-state index is 0.0665. The van der Waals surface area contributed by atoms with Crippen LogP contribution in [0, 0.1) is 6.92 Å². The lowest BCUT2D eigenvalue weighted by atomic mass is 10.1. The van der Waals surface area contributed by atoms with E-state index in [1.54, 1.807) is 7.11 Å². The minimum atomic E-state index is -0.0665. The Balaban J connectivity index is 3.24.